The minimum Gasteiger partial charge on any atom is -0.473 e. The Hall–Kier alpha value is -5.14. The highest BCUT2D eigenvalue weighted by Gasteiger charge is 2.39. The van der Waals surface area contributed by atoms with Crippen LogP contribution in [0.3, 0.4) is 0 Å². The summed E-state index contributed by atoms with van der Waals surface area (Å²) >= 11 is 0. The van der Waals surface area contributed by atoms with E-state index in [0.717, 1.165) is 11.6 Å². The first-order valence-electron chi connectivity index (χ1n) is 14.4. The predicted octanol–water partition coefficient (Wildman–Crippen LogP) is 6.80. The van der Waals surface area contributed by atoms with Gasteiger partial charge in [-0.15, -0.1) is 0 Å². The van der Waals surface area contributed by atoms with E-state index in [-0.39, 0.29) is 47.2 Å². The average molecular weight is 609 g/mol. The van der Waals surface area contributed by atoms with E-state index >= 15 is 8.78 Å². The van der Waals surface area contributed by atoms with Crippen LogP contribution in [-0.4, -0.2) is 40.8 Å². The first-order valence-corrected chi connectivity index (χ1v) is 14.4. The average Bonchev–Trinajstić information content (AvgIpc) is 3.58. The lowest BCUT2D eigenvalue weighted by molar-refractivity contribution is 0.0601. The molecule has 1 aliphatic heterocycles. The van der Waals surface area contributed by atoms with Crippen molar-refractivity contribution in [3.8, 4) is 23.2 Å². The summed E-state index contributed by atoms with van der Waals surface area (Å²) in [5.74, 6) is -0.939. The number of carbonyl (C=O) groups is 1. The van der Waals surface area contributed by atoms with Gasteiger partial charge in [0.25, 0.3) is 0 Å². The van der Waals surface area contributed by atoms with Crippen molar-refractivity contribution < 1.29 is 27.8 Å². The summed E-state index contributed by atoms with van der Waals surface area (Å²) in [6.45, 7) is 5.29. The molecule has 8 nitrogen and oxygen atoms in total. The Morgan fingerprint density at radius 1 is 1.07 bits per heavy atom. The second kappa shape index (κ2) is 12.1. The molecule has 0 radical (unpaired) electrons. The minimum absolute atomic E-state index is 0.00150. The number of carbonyl (C=O) groups excluding carboxylic acids is 1. The number of ether oxygens (including phenoxy) is 3. The van der Waals surface area contributed by atoms with Gasteiger partial charge in [-0.3, -0.25) is 0 Å². The molecule has 6 rings (SSSR count). The first-order chi connectivity index (χ1) is 21.7. The van der Waals surface area contributed by atoms with Gasteiger partial charge in [0.15, 0.2) is 0 Å². The molecule has 0 amide bonds. The van der Waals surface area contributed by atoms with Gasteiger partial charge in [-0.05, 0) is 59.7 Å². The van der Waals surface area contributed by atoms with Gasteiger partial charge in [0.05, 0.1) is 60.3 Å². The summed E-state index contributed by atoms with van der Waals surface area (Å²) in [4.78, 5) is 21.5. The topological polar surface area (TPSA) is 99.3 Å². The highest BCUT2D eigenvalue weighted by molar-refractivity contribution is 5.93. The number of pyridine rings is 1. The number of esters is 1. The lowest BCUT2D eigenvalue weighted by Gasteiger charge is -2.28. The first kappa shape index (κ1) is 29.9. The van der Waals surface area contributed by atoms with Gasteiger partial charge in [0.2, 0.25) is 5.88 Å². The maximum absolute atomic E-state index is 15.7. The fraction of sp³-hybridized carbons (Fsp3) is 0.257. The molecule has 0 N–H and O–H groups in total. The largest absolute Gasteiger partial charge is 0.473 e. The third kappa shape index (κ3) is 5.99. The third-order valence-electron chi connectivity index (χ3n) is 8.10. The number of nitrogens with zero attached hydrogens (tertiary/aromatic N) is 4. The van der Waals surface area contributed by atoms with Crippen molar-refractivity contribution in [1.82, 2.24) is 14.5 Å². The van der Waals surface area contributed by atoms with Gasteiger partial charge in [0.1, 0.15) is 24.1 Å². The molecule has 228 valence electrons. The van der Waals surface area contributed by atoms with E-state index in [1.807, 2.05) is 4.57 Å². The molecule has 0 saturated carbocycles. The van der Waals surface area contributed by atoms with Crippen molar-refractivity contribution in [2.75, 3.05) is 20.3 Å². The Morgan fingerprint density at radius 2 is 1.87 bits per heavy atom. The van der Waals surface area contributed by atoms with Crippen molar-refractivity contribution in [1.29, 1.82) is 5.26 Å². The predicted molar refractivity (Wildman–Crippen MR) is 163 cm³/mol. The maximum Gasteiger partial charge on any atom is 0.337 e. The summed E-state index contributed by atoms with van der Waals surface area (Å²) in [7, 11) is 1.32. The van der Waals surface area contributed by atoms with Gasteiger partial charge < -0.3 is 18.8 Å². The van der Waals surface area contributed by atoms with Crippen LogP contribution in [0.2, 0.25) is 0 Å². The second-order valence-electron chi connectivity index (χ2n) is 11.7. The zero-order valence-electron chi connectivity index (χ0n) is 25.0. The number of hydrogen-bond acceptors (Lipinski definition) is 7. The number of nitriles is 1. The molecule has 5 aromatic rings. The molecule has 3 aromatic carbocycles. The molecule has 1 saturated heterocycles. The van der Waals surface area contributed by atoms with Crippen LogP contribution >= 0.6 is 0 Å². The highest BCUT2D eigenvalue weighted by Crippen LogP contribution is 2.40. The van der Waals surface area contributed by atoms with Crippen molar-refractivity contribution >= 4 is 17.0 Å². The molecular formula is C35H30F2N4O4. The Kier molecular flexibility index (Phi) is 8.04. The van der Waals surface area contributed by atoms with Crippen LogP contribution in [0, 0.1) is 28.4 Å². The number of imidazole rings is 1. The number of hydrogen-bond donors (Lipinski definition) is 0. The zero-order chi connectivity index (χ0) is 31.7. The molecule has 0 aliphatic carbocycles. The maximum atomic E-state index is 15.7. The Balaban J connectivity index is 1.30. The zero-order valence-corrected chi connectivity index (χ0v) is 25.0. The molecule has 1 fully saturated rings. The number of benzene rings is 3. The number of rotatable bonds is 8. The van der Waals surface area contributed by atoms with Crippen LogP contribution in [-0.2, 0) is 22.5 Å². The summed E-state index contributed by atoms with van der Waals surface area (Å²) < 4.78 is 49.8. The Labute approximate surface area is 258 Å². The molecular weight excluding hydrogens is 578 g/mol. The van der Waals surface area contributed by atoms with Crippen molar-refractivity contribution in [3.63, 3.8) is 0 Å². The second-order valence-corrected chi connectivity index (χ2v) is 11.7. The van der Waals surface area contributed by atoms with Crippen LogP contribution in [0.5, 0.6) is 5.88 Å². The van der Waals surface area contributed by atoms with Gasteiger partial charge in [-0.1, -0.05) is 32.0 Å². The Bertz CT molecular complexity index is 1950. The molecule has 0 bridgehead atoms. The van der Waals surface area contributed by atoms with Crippen LogP contribution in [0.25, 0.3) is 22.3 Å². The van der Waals surface area contributed by atoms with Crippen LogP contribution < -0.4 is 4.74 Å². The van der Waals surface area contributed by atoms with Crippen LogP contribution in [0.15, 0.2) is 72.8 Å². The fourth-order valence-electron chi connectivity index (χ4n) is 5.61. The van der Waals surface area contributed by atoms with E-state index in [1.165, 1.54) is 13.2 Å². The fourth-order valence-corrected chi connectivity index (χ4v) is 5.61. The van der Waals surface area contributed by atoms with Gasteiger partial charge in [-0.2, -0.15) is 5.26 Å². The van der Waals surface area contributed by atoms with Crippen LogP contribution in [0.1, 0.15) is 52.8 Å². The summed E-state index contributed by atoms with van der Waals surface area (Å²) in [5, 5.41) is 8.98. The van der Waals surface area contributed by atoms with Gasteiger partial charge >= 0.3 is 5.97 Å². The molecule has 3 heterocycles. The highest BCUT2D eigenvalue weighted by atomic mass is 19.1. The van der Waals surface area contributed by atoms with E-state index in [9.17, 15) is 4.79 Å². The SMILES string of the molecule is COC(=O)c1ccc2nc(Cc3cc(F)c(-c4cccc(OCc5ccc(C#N)cc5)n4)cc3F)n([C@@H]3COCC3(C)C)c2c1. The third-order valence-corrected chi connectivity index (χ3v) is 8.10. The van der Waals surface area contributed by atoms with Crippen LogP contribution in [0.4, 0.5) is 8.78 Å². The lowest BCUT2D eigenvalue weighted by atomic mass is 9.87. The number of halogens is 2. The van der Waals surface area contributed by atoms with E-state index in [2.05, 4.69) is 24.9 Å². The molecule has 45 heavy (non-hydrogen) atoms. The summed E-state index contributed by atoms with van der Waals surface area (Å²) in [6, 6.07) is 21.2. The number of fused-ring (bicyclic) bond motifs is 1. The molecule has 2 aromatic heterocycles. The molecule has 1 atom stereocenters. The normalized spacial score (nSPS) is 15.6. The standard InChI is InChI=1S/C35H30F2N4O4/c1-35(2)20-44-19-31(35)41-30-14-23(34(42)43-3)11-12-29(30)39-32(41)15-24-13-27(37)25(16-26(24)36)28-5-4-6-33(40-28)45-18-22-9-7-21(17-38)8-10-22/h4-14,16,31H,15,18-20H2,1-3H3/t31-/m1/s1. The van der Waals surface area contributed by atoms with Crippen molar-refractivity contribution in [2.45, 2.75) is 32.9 Å². The van der Waals surface area contributed by atoms with Gasteiger partial charge in [-0.25, -0.2) is 23.5 Å². The van der Waals surface area contributed by atoms with E-state index in [1.54, 1.807) is 60.7 Å². The molecule has 0 spiro atoms. The number of methoxy groups -OCH3 is 1. The summed E-state index contributed by atoms with van der Waals surface area (Å²) in [5.41, 5.74) is 3.15. The van der Waals surface area contributed by atoms with E-state index in [4.69, 9.17) is 24.5 Å². The van der Waals surface area contributed by atoms with Crippen molar-refractivity contribution in [3.05, 3.63) is 113 Å². The monoisotopic (exact) mass is 608 g/mol. The molecule has 10 heteroatoms. The quantitative estimate of drug-likeness (QED) is 0.179. The summed E-state index contributed by atoms with van der Waals surface area (Å²) in [6.07, 6.45) is 0.0129. The van der Waals surface area contributed by atoms with Gasteiger partial charge in [0, 0.05) is 23.5 Å². The minimum atomic E-state index is -0.636. The van der Waals surface area contributed by atoms with E-state index < -0.39 is 17.6 Å². The smallest absolute Gasteiger partial charge is 0.337 e. The van der Waals surface area contributed by atoms with Crippen molar-refractivity contribution in [2.24, 2.45) is 5.41 Å². The number of aromatic nitrogens is 3. The Morgan fingerprint density at radius 3 is 2.58 bits per heavy atom. The molecule has 1 aliphatic rings. The molecule has 0 unspecified atom stereocenters. The van der Waals surface area contributed by atoms with E-state index in [0.29, 0.717) is 41.2 Å². The lowest BCUT2D eigenvalue weighted by Crippen LogP contribution is -2.27.